The highest BCUT2D eigenvalue weighted by molar-refractivity contribution is 4.78. The van der Waals surface area contributed by atoms with Crippen molar-refractivity contribution in [1.82, 2.24) is 0 Å². The zero-order valence-electron chi connectivity index (χ0n) is 16.3. The van der Waals surface area contributed by atoms with Gasteiger partial charge in [-0.05, 0) is 30.1 Å². The predicted molar refractivity (Wildman–Crippen MR) is 104 cm³/mol. The average molecular weight is 321 g/mol. The van der Waals surface area contributed by atoms with Crippen molar-refractivity contribution in [2.45, 2.75) is 123 Å². The summed E-state index contributed by atoms with van der Waals surface area (Å²) in [5.74, 6) is 4.37. The summed E-state index contributed by atoms with van der Waals surface area (Å²) in [4.78, 5) is 0. The molecule has 2 fully saturated rings. The van der Waals surface area contributed by atoms with Gasteiger partial charge in [0.2, 0.25) is 0 Å². The molecular formula is C23H44. The molecule has 2 saturated carbocycles. The third-order valence-corrected chi connectivity index (χ3v) is 7.01. The summed E-state index contributed by atoms with van der Waals surface area (Å²) in [6.07, 6.45) is 25.8. The lowest BCUT2D eigenvalue weighted by Gasteiger charge is -2.34. The van der Waals surface area contributed by atoms with Gasteiger partial charge in [0.15, 0.2) is 0 Å². The number of hydrogen-bond donors (Lipinski definition) is 0. The summed E-state index contributed by atoms with van der Waals surface area (Å²) < 4.78 is 0. The van der Waals surface area contributed by atoms with E-state index in [-0.39, 0.29) is 0 Å². The highest BCUT2D eigenvalue weighted by atomic mass is 14.3. The lowest BCUT2D eigenvalue weighted by Crippen LogP contribution is -2.21. The van der Waals surface area contributed by atoms with Crippen LogP contribution in [-0.4, -0.2) is 0 Å². The van der Waals surface area contributed by atoms with Crippen LogP contribution in [0.25, 0.3) is 0 Å². The molecule has 0 bridgehead atoms. The maximum atomic E-state index is 2.36. The van der Waals surface area contributed by atoms with Crippen LogP contribution in [0.4, 0.5) is 0 Å². The van der Waals surface area contributed by atoms with Gasteiger partial charge in [-0.15, -0.1) is 0 Å². The first-order chi connectivity index (χ1) is 11.3. The third kappa shape index (κ3) is 7.61. The van der Waals surface area contributed by atoms with Crippen LogP contribution < -0.4 is 0 Å². The molecule has 0 spiro atoms. The van der Waals surface area contributed by atoms with Gasteiger partial charge >= 0.3 is 0 Å². The van der Waals surface area contributed by atoms with Gasteiger partial charge in [-0.2, -0.15) is 0 Å². The van der Waals surface area contributed by atoms with E-state index >= 15 is 0 Å². The lowest BCUT2D eigenvalue weighted by atomic mass is 9.72. The van der Waals surface area contributed by atoms with Crippen molar-refractivity contribution in [3.05, 3.63) is 0 Å². The van der Waals surface area contributed by atoms with Crippen molar-refractivity contribution in [3.8, 4) is 0 Å². The van der Waals surface area contributed by atoms with Crippen LogP contribution in [0.1, 0.15) is 123 Å². The summed E-state index contributed by atoms with van der Waals surface area (Å²) in [6.45, 7) is 4.67. The molecule has 0 nitrogen and oxygen atoms in total. The molecule has 0 unspecified atom stereocenters. The number of hydrogen-bond acceptors (Lipinski definition) is 0. The number of unbranched alkanes of at least 4 members (excludes halogenated alkanes) is 4. The molecule has 0 aromatic heterocycles. The molecule has 0 aromatic rings. The summed E-state index contributed by atoms with van der Waals surface area (Å²) in [7, 11) is 0. The number of rotatable bonds is 10. The quantitative estimate of drug-likeness (QED) is 0.356. The Morgan fingerprint density at radius 2 is 0.957 bits per heavy atom. The van der Waals surface area contributed by atoms with Crippen LogP contribution in [0.5, 0.6) is 0 Å². The van der Waals surface area contributed by atoms with Crippen molar-refractivity contribution in [1.29, 1.82) is 0 Å². The molecule has 0 atom stereocenters. The molecule has 0 aromatic carbocycles. The topological polar surface area (TPSA) is 0 Å². The molecule has 0 heteroatoms. The SMILES string of the molecule is CCCCCCC[C@H]1CC[C@H](C[C@H]2CC[C@H](CCC)CC2)CC1. The van der Waals surface area contributed by atoms with E-state index in [1.54, 1.807) is 64.2 Å². The van der Waals surface area contributed by atoms with Gasteiger partial charge in [0.1, 0.15) is 0 Å². The fourth-order valence-corrected chi connectivity index (χ4v) is 5.43. The Labute approximate surface area is 147 Å². The zero-order chi connectivity index (χ0) is 16.3. The maximum absolute atomic E-state index is 2.36. The Kier molecular flexibility index (Phi) is 9.69. The largest absolute Gasteiger partial charge is 0.0654 e. The highest BCUT2D eigenvalue weighted by Crippen LogP contribution is 2.40. The van der Waals surface area contributed by atoms with Crippen molar-refractivity contribution < 1.29 is 0 Å². The van der Waals surface area contributed by atoms with E-state index in [0.717, 1.165) is 23.7 Å². The molecule has 0 N–H and O–H groups in total. The van der Waals surface area contributed by atoms with Crippen molar-refractivity contribution in [2.24, 2.45) is 23.7 Å². The van der Waals surface area contributed by atoms with E-state index in [0.29, 0.717) is 0 Å². The Morgan fingerprint density at radius 1 is 0.478 bits per heavy atom. The molecule has 0 radical (unpaired) electrons. The van der Waals surface area contributed by atoms with E-state index in [4.69, 9.17) is 0 Å². The van der Waals surface area contributed by atoms with Gasteiger partial charge in [-0.3, -0.25) is 0 Å². The maximum Gasteiger partial charge on any atom is -0.0411 e. The third-order valence-electron chi connectivity index (χ3n) is 7.01. The summed E-state index contributed by atoms with van der Waals surface area (Å²) in [5, 5.41) is 0. The normalized spacial score (nSPS) is 32.1. The van der Waals surface area contributed by atoms with Crippen molar-refractivity contribution in [2.75, 3.05) is 0 Å². The average Bonchev–Trinajstić information content (AvgIpc) is 2.58. The minimum absolute atomic E-state index is 1.08. The van der Waals surface area contributed by atoms with Crippen LogP contribution >= 0.6 is 0 Å². The molecule has 2 aliphatic rings. The fraction of sp³-hybridized carbons (Fsp3) is 1.00. The first-order valence-electron chi connectivity index (χ1n) is 11.3. The Bertz CT molecular complexity index is 266. The van der Waals surface area contributed by atoms with Gasteiger partial charge in [0.25, 0.3) is 0 Å². The van der Waals surface area contributed by atoms with E-state index in [1.807, 2.05) is 0 Å². The minimum atomic E-state index is 1.08. The van der Waals surface area contributed by atoms with E-state index in [2.05, 4.69) is 13.8 Å². The zero-order valence-corrected chi connectivity index (χ0v) is 16.3. The van der Waals surface area contributed by atoms with Crippen LogP contribution in [0.15, 0.2) is 0 Å². The van der Waals surface area contributed by atoms with Crippen LogP contribution in [-0.2, 0) is 0 Å². The molecule has 0 aliphatic heterocycles. The second-order valence-electron chi connectivity index (χ2n) is 9.00. The van der Waals surface area contributed by atoms with Gasteiger partial charge < -0.3 is 0 Å². The van der Waals surface area contributed by atoms with Gasteiger partial charge in [0, 0.05) is 0 Å². The second kappa shape index (κ2) is 11.5. The van der Waals surface area contributed by atoms with Crippen molar-refractivity contribution in [3.63, 3.8) is 0 Å². The molecule has 23 heavy (non-hydrogen) atoms. The summed E-state index contributed by atoms with van der Waals surface area (Å²) in [5.41, 5.74) is 0. The molecular weight excluding hydrogens is 276 g/mol. The fourth-order valence-electron chi connectivity index (χ4n) is 5.43. The molecule has 136 valence electrons. The monoisotopic (exact) mass is 320 g/mol. The molecule has 0 saturated heterocycles. The first-order valence-corrected chi connectivity index (χ1v) is 11.3. The van der Waals surface area contributed by atoms with Gasteiger partial charge in [0.05, 0.1) is 0 Å². The first kappa shape index (κ1) is 19.3. The van der Waals surface area contributed by atoms with E-state index in [1.165, 1.54) is 44.9 Å². The van der Waals surface area contributed by atoms with Crippen LogP contribution in [0.3, 0.4) is 0 Å². The van der Waals surface area contributed by atoms with Crippen molar-refractivity contribution >= 4 is 0 Å². The van der Waals surface area contributed by atoms with Crippen LogP contribution in [0, 0.1) is 23.7 Å². The van der Waals surface area contributed by atoms with Crippen LogP contribution in [0.2, 0.25) is 0 Å². The summed E-state index contributed by atoms with van der Waals surface area (Å²) >= 11 is 0. The standard InChI is InChI=1S/C23H44/c1-3-5-6-7-8-10-21-13-17-23(18-14-21)19-22-15-11-20(9-4-2)12-16-22/h20-23H,3-19H2,1-2H3/t20-,21-,22-,23-. The Balaban J connectivity index is 1.51. The Morgan fingerprint density at radius 3 is 1.48 bits per heavy atom. The molecule has 0 heterocycles. The molecule has 0 amide bonds. The highest BCUT2D eigenvalue weighted by Gasteiger charge is 2.26. The van der Waals surface area contributed by atoms with Gasteiger partial charge in [-0.25, -0.2) is 0 Å². The summed E-state index contributed by atoms with van der Waals surface area (Å²) in [6, 6.07) is 0. The van der Waals surface area contributed by atoms with Gasteiger partial charge in [-0.1, -0.05) is 117 Å². The Hall–Kier alpha value is 0. The molecule has 2 rings (SSSR count). The second-order valence-corrected chi connectivity index (χ2v) is 9.00. The lowest BCUT2D eigenvalue weighted by molar-refractivity contribution is 0.183. The predicted octanol–water partition coefficient (Wildman–Crippen LogP) is 8.15. The van der Waals surface area contributed by atoms with E-state index < -0.39 is 0 Å². The smallest absolute Gasteiger partial charge is 0.0411 e. The minimum Gasteiger partial charge on any atom is -0.0654 e. The van der Waals surface area contributed by atoms with E-state index in [9.17, 15) is 0 Å². The molecule has 2 aliphatic carbocycles.